The Kier molecular flexibility index (Phi) is 6.62. The van der Waals surface area contributed by atoms with Gasteiger partial charge in [-0.1, -0.05) is 65.8 Å². The molecule has 2 aromatic heterocycles. The molecule has 0 aliphatic carbocycles. The van der Waals surface area contributed by atoms with Crippen LogP contribution in [0.25, 0.3) is 32.5 Å². The highest BCUT2D eigenvalue weighted by molar-refractivity contribution is 7.13. The summed E-state index contributed by atoms with van der Waals surface area (Å²) in [6.45, 7) is 15.0. The summed E-state index contributed by atoms with van der Waals surface area (Å²) < 4.78 is 44.3. The molecule has 36 heavy (non-hydrogen) atoms. The maximum Gasteiger partial charge on any atom is 0.422 e. The zero-order valence-corrected chi connectivity index (χ0v) is 23.2. The van der Waals surface area contributed by atoms with Crippen LogP contribution in [-0.4, -0.2) is 0 Å². The lowest BCUT2D eigenvalue weighted by Crippen LogP contribution is -2.33. The van der Waals surface area contributed by atoms with E-state index in [1.807, 2.05) is 23.6 Å². The predicted octanol–water partition coefficient (Wildman–Crippen LogP) is 9.27. The number of pyridine rings is 1. The molecule has 0 N–H and O–H groups in total. The van der Waals surface area contributed by atoms with Gasteiger partial charge >= 0.3 is 6.18 Å². The van der Waals surface area contributed by atoms with Gasteiger partial charge in [-0.3, -0.25) is 0 Å². The number of thiophene rings is 1. The Morgan fingerprint density at radius 1 is 0.833 bits per heavy atom. The Bertz CT molecular complexity index is 1430. The molecule has 0 saturated carbocycles. The summed E-state index contributed by atoms with van der Waals surface area (Å²) in [6.07, 6.45) is -2.38. The van der Waals surface area contributed by atoms with E-state index in [2.05, 4.69) is 66.7 Å². The van der Waals surface area contributed by atoms with Crippen molar-refractivity contribution < 1.29 is 17.7 Å². The first-order valence-corrected chi connectivity index (χ1v) is 13.2. The summed E-state index contributed by atoms with van der Waals surface area (Å²) in [4.78, 5) is 0.651. The van der Waals surface area contributed by atoms with Gasteiger partial charge in [0.05, 0.1) is 0 Å². The molecule has 4 aromatic rings. The molecule has 1 nitrogen and oxygen atoms in total. The lowest BCUT2D eigenvalue weighted by Gasteiger charge is -2.24. The second-order valence-corrected chi connectivity index (χ2v) is 13.0. The van der Waals surface area contributed by atoms with Crippen LogP contribution in [0.2, 0.25) is 0 Å². The Labute approximate surface area is 216 Å². The lowest BCUT2D eigenvalue weighted by atomic mass is 9.80. The lowest BCUT2D eigenvalue weighted by molar-refractivity contribution is -0.661. The minimum absolute atomic E-state index is 0.0606. The highest BCUT2D eigenvalue weighted by atomic mass is 32.1. The van der Waals surface area contributed by atoms with Crippen LogP contribution in [0, 0.1) is 12.3 Å². The zero-order chi connectivity index (χ0) is 26.6. The molecule has 190 valence electrons. The molecule has 0 bridgehead atoms. The fraction of sp³-hybridized carbons (Fsp3) is 0.387. The second kappa shape index (κ2) is 9.02. The maximum atomic E-state index is 14.2. The Morgan fingerprint density at radius 2 is 1.47 bits per heavy atom. The third-order valence-corrected chi connectivity index (χ3v) is 7.64. The van der Waals surface area contributed by atoms with E-state index in [4.69, 9.17) is 0 Å². The number of aromatic nitrogens is 1. The van der Waals surface area contributed by atoms with E-state index in [9.17, 15) is 13.2 Å². The summed E-state index contributed by atoms with van der Waals surface area (Å²) in [7, 11) is 1.71. The summed E-state index contributed by atoms with van der Waals surface area (Å²) in [6, 6.07) is 14.1. The molecule has 0 unspecified atom stereocenters. The molecule has 0 spiro atoms. The largest absolute Gasteiger partial charge is 0.422 e. The van der Waals surface area contributed by atoms with Gasteiger partial charge in [-0.25, -0.2) is 4.57 Å². The van der Waals surface area contributed by atoms with Gasteiger partial charge in [0.1, 0.15) is 12.6 Å². The van der Waals surface area contributed by atoms with Crippen molar-refractivity contribution in [2.24, 2.45) is 12.5 Å². The van der Waals surface area contributed by atoms with E-state index in [1.165, 1.54) is 28.5 Å². The van der Waals surface area contributed by atoms with Crippen molar-refractivity contribution in [3.63, 3.8) is 0 Å². The van der Waals surface area contributed by atoms with Crippen molar-refractivity contribution in [3.05, 3.63) is 76.3 Å². The normalized spacial score (nSPS) is 13.0. The molecule has 0 aliphatic heterocycles. The van der Waals surface area contributed by atoms with Crippen molar-refractivity contribution in [3.8, 4) is 21.7 Å². The molecule has 0 atom stereocenters. The third-order valence-electron chi connectivity index (χ3n) is 6.63. The monoisotopic (exact) mass is 510 g/mol. The molecular weight excluding hydrogens is 475 g/mol. The Morgan fingerprint density at radius 3 is 2.06 bits per heavy atom. The van der Waals surface area contributed by atoms with Crippen LogP contribution in [0.4, 0.5) is 13.2 Å². The number of nitrogens with zero attached hydrogens (tertiary/aromatic N) is 1. The van der Waals surface area contributed by atoms with Gasteiger partial charge in [-0.2, -0.15) is 13.2 Å². The van der Waals surface area contributed by atoms with Crippen molar-refractivity contribution >= 4 is 22.1 Å². The smallest absolute Gasteiger partial charge is 0.200 e. The van der Waals surface area contributed by atoms with Crippen molar-refractivity contribution in [2.45, 2.75) is 66.5 Å². The van der Waals surface area contributed by atoms with Gasteiger partial charge in [-0.05, 0) is 69.2 Å². The molecule has 0 saturated heterocycles. The summed E-state index contributed by atoms with van der Waals surface area (Å²) in [5, 5.41) is 4.31. The first-order chi connectivity index (χ1) is 16.6. The molecule has 5 heteroatoms. The molecule has 2 aromatic carbocycles. The third kappa shape index (κ3) is 5.22. The first kappa shape index (κ1) is 26.4. The molecular formula is C31H35F3NS+. The number of alkyl halides is 3. The summed E-state index contributed by atoms with van der Waals surface area (Å²) in [5.41, 5.74) is 4.64. The van der Waals surface area contributed by atoms with Crippen LogP contribution in [0.15, 0.2) is 54.0 Å². The minimum atomic E-state index is -4.45. The van der Waals surface area contributed by atoms with Crippen LogP contribution in [0.3, 0.4) is 0 Å². The van der Waals surface area contributed by atoms with Gasteiger partial charge < -0.3 is 0 Å². The van der Waals surface area contributed by atoms with Gasteiger partial charge in [0.25, 0.3) is 0 Å². The molecule has 2 heterocycles. The van der Waals surface area contributed by atoms with Crippen LogP contribution in [-0.2, 0) is 25.1 Å². The van der Waals surface area contributed by atoms with Gasteiger partial charge in [0.15, 0.2) is 6.20 Å². The number of halogens is 3. The average molecular weight is 511 g/mol. The number of rotatable bonds is 3. The standard InChI is InChI=1S/C31H35F3NS/c1-19-21-11-9-10-12-22(21)25(30(5,6)7)14-23(19)27-15-24(26(17-35(27)8)31(32,33)34)28-13-20(18-36-28)16-29(2,3)4/h9-15,17-18H,16H2,1-8H3/q+1. The number of benzene rings is 2. The second-order valence-electron chi connectivity index (χ2n) is 12.0. The van der Waals surface area contributed by atoms with Crippen molar-refractivity contribution in [2.75, 3.05) is 0 Å². The SMILES string of the molecule is Cc1c(-c2cc(-c3cc(CC(C)(C)C)cs3)c(C(F)(F)F)c[n+]2C)cc(C(C)(C)C)c2ccccc12. The quantitative estimate of drug-likeness (QED) is 0.242. The Hall–Kier alpha value is -2.66. The highest BCUT2D eigenvalue weighted by Gasteiger charge is 2.38. The van der Waals surface area contributed by atoms with E-state index in [-0.39, 0.29) is 16.4 Å². The van der Waals surface area contributed by atoms with Crippen molar-refractivity contribution in [1.29, 1.82) is 0 Å². The first-order valence-electron chi connectivity index (χ1n) is 12.3. The van der Waals surface area contributed by atoms with Gasteiger partial charge in [0.2, 0.25) is 5.69 Å². The van der Waals surface area contributed by atoms with Crippen LogP contribution in [0.1, 0.15) is 63.8 Å². The molecule has 0 amide bonds. The van der Waals surface area contributed by atoms with E-state index in [0.717, 1.165) is 34.2 Å². The van der Waals surface area contributed by atoms with Crippen LogP contribution < -0.4 is 4.57 Å². The molecule has 4 rings (SSSR count). The van der Waals surface area contributed by atoms with Crippen LogP contribution >= 0.6 is 11.3 Å². The van der Waals surface area contributed by atoms with E-state index < -0.39 is 11.7 Å². The molecule has 0 fully saturated rings. The molecule has 0 radical (unpaired) electrons. The fourth-order valence-electron chi connectivity index (χ4n) is 4.98. The fourth-order valence-corrected chi connectivity index (χ4v) is 5.92. The zero-order valence-electron chi connectivity index (χ0n) is 22.4. The summed E-state index contributed by atoms with van der Waals surface area (Å²) >= 11 is 1.39. The van der Waals surface area contributed by atoms with E-state index in [0.29, 0.717) is 4.88 Å². The number of hydrogen-bond donors (Lipinski definition) is 0. The van der Waals surface area contributed by atoms with E-state index in [1.54, 1.807) is 17.7 Å². The minimum Gasteiger partial charge on any atom is -0.200 e. The number of fused-ring (bicyclic) bond motifs is 1. The topological polar surface area (TPSA) is 3.88 Å². The van der Waals surface area contributed by atoms with Gasteiger partial charge in [0, 0.05) is 22.1 Å². The average Bonchev–Trinajstić information content (AvgIpc) is 3.19. The predicted molar refractivity (Wildman–Crippen MR) is 145 cm³/mol. The number of aryl methyl sites for hydroxylation is 2. The number of hydrogen-bond acceptors (Lipinski definition) is 1. The molecule has 0 aliphatic rings. The van der Waals surface area contributed by atoms with E-state index >= 15 is 0 Å². The Balaban J connectivity index is 2.00. The van der Waals surface area contributed by atoms with Gasteiger partial charge in [-0.15, -0.1) is 11.3 Å². The van der Waals surface area contributed by atoms with Crippen LogP contribution in [0.5, 0.6) is 0 Å². The van der Waals surface area contributed by atoms with Crippen molar-refractivity contribution in [1.82, 2.24) is 0 Å². The summed E-state index contributed by atoms with van der Waals surface area (Å²) in [5.74, 6) is 0. The maximum absolute atomic E-state index is 14.2. The highest BCUT2D eigenvalue weighted by Crippen LogP contribution is 2.42.